The van der Waals surface area contributed by atoms with Gasteiger partial charge in [-0.1, -0.05) is 35.5 Å². The summed E-state index contributed by atoms with van der Waals surface area (Å²) < 4.78 is 4.41. The highest BCUT2D eigenvalue weighted by atomic mass is 32.2. The molecule has 1 aliphatic rings. The van der Waals surface area contributed by atoms with Crippen LogP contribution in [0.1, 0.15) is 53.1 Å². The van der Waals surface area contributed by atoms with Crippen LogP contribution in [-0.4, -0.2) is 30.9 Å². The third-order valence-electron chi connectivity index (χ3n) is 5.34. The number of aryl methyl sites for hydroxylation is 2. The highest BCUT2D eigenvalue weighted by molar-refractivity contribution is 7.99. The molecule has 2 aromatic heterocycles. The standard InChI is InChI=1S/C22H26N4OS/c1-5-25-21(17-8-6-7-14(2)11-17)23-24-22(25)28-13-20(27)19-12-15(3)26(16(19)4)18-9-10-18/h6-8,11-12,18H,5,9-10,13H2,1-4H3. The number of carbonyl (C=O) groups is 1. The average molecular weight is 395 g/mol. The van der Waals surface area contributed by atoms with Crippen LogP contribution < -0.4 is 0 Å². The topological polar surface area (TPSA) is 52.7 Å². The second-order valence-electron chi connectivity index (χ2n) is 7.52. The Kier molecular flexibility index (Phi) is 5.15. The molecule has 5 nitrogen and oxygen atoms in total. The van der Waals surface area contributed by atoms with E-state index in [4.69, 9.17) is 0 Å². The first-order valence-electron chi connectivity index (χ1n) is 9.84. The number of aromatic nitrogens is 4. The summed E-state index contributed by atoms with van der Waals surface area (Å²) in [6.07, 6.45) is 2.44. The number of hydrogen-bond acceptors (Lipinski definition) is 4. The summed E-state index contributed by atoms with van der Waals surface area (Å²) in [4.78, 5) is 12.9. The number of hydrogen-bond donors (Lipinski definition) is 0. The summed E-state index contributed by atoms with van der Waals surface area (Å²) in [7, 11) is 0. The van der Waals surface area contributed by atoms with E-state index in [9.17, 15) is 4.79 Å². The number of benzene rings is 1. The van der Waals surface area contributed by atoms with Gasteiger partial charge in [0.25, 0.3) is 0 Å². The number of nitrogens with zero attached hydrogens (tertiary/aromatic N) is 4. The van der Waals surface area contributed by atoms with Crippen molar-refractivity contribution in [2.24, 2.45) is 0 Å². The van der Waals surface area contributed by atoms with Crippen LogP contribution in [-0.2, 0) is 6.54 Å². The van der Waals surface area contributed by atoms with E-state index in [-0.39, 0.29) is 5.78 Å². The minimum atomic E-state index is 0.160. The van der Waals surface area contributed by atoms with Gasteiger partial charge in [-0.15, -0.1) is 10.2 Å². The Balaban J connectivity index is 1.52. The van der Waals surface area contributed by atoms with Crippen LogP contribution in [0.3, 0.4) is 0 Å². The number of thioether (sulfide) groups is 1. The van der Waals surface area contributed by atoms with Crippen molar-refractivity contribution in [3.05, 3.63) is 52.8 Å². The van der Waals surface area contributed by atoms with E-state index in [2.05, 4.69) is 65.2 Å². The van der Waals surface area contributed by atoms with Gasteiger partial charge in [0.05, 0.1) is 5.75 Å². The van der Waals surface area contributed by atoms with Gasteiger partial charge in [0.2, 0.25) is 0 Å². The molecule has 0 bridgehead atoms. The fraction of sp³-hybridized carbons (Fsp3) is 0.409. The predicted molar refractivity (Wildman–Crippen MR) is 113 cm³/mol. The summed E-state index contributed by atoms with van der Waals surface area (Å²) in [5, 5.41) is 9.55. The van der Waals surface area contributed by atoms with Crippen molar-refractivity contribution in [1.29, 1.82) is 0 Å². The van der Waals surface area contributed by atoms with E-state index >= 15 is 0 Å². The SMILES string of the molecule is CCn1c(SCC(=O)c2cc(C)n(C3CC3)c2C)nnc1-c1cccc(C)c1. The van der Waals surface area contributed by atoms with Crippen molar-refractivity contribution in [2.45, 2.75) is 58.3 Å². The quantitative estimate of drug-likeness (QED) is 0.418. The van der Waals surface area contributed by atoms with E-state index < -0.39 is 0 Å². The largest absolute Gasteiger partial charge is 0.345 e. The first kappa shape index (κ1) is 19.0. The molecule has 0 aliphatic heterocycles. The molecule has 1 aliphatic carbocycles. The molecule has 0 N–H and O–H groups in total. The van der Waals surface area contributed by atoms with Gasteiger partial charge >= 0.3 is 0 Å². The minimum absolute atomic E-state index is 0.160. The Bertz CT molecular complexity index is 1030. The minimum Gasteiger partial charge on any atom is -0.345 e. The van der Waals surface area contributed by atoms with Crippen molar-refractivity contribution in [3.8, 4) is 11.4 Å². The third-order valence-corrected chi connectivity index (χ3v) is 6.31. The van der Waals surface area contributed by atoms with Gasteiger partial charge < -0.3 is 9.13 Å². The van der Waals surface area contributed by atoms with Crippen LogP contribution in [0, 0.1) is 20.8 Å². The summed E-state index contributed by atoms with van der Waals surface area (Å²) in [6, 6.07) is 10.9. The molecule has 0 spiro atoms. The molecule has 28 heavy (non-hydrogen) atoms. The summed E-state index contributed by atoms with van der Waals surface area (Å²) >= 11 is 1.47. The van der Waals surface area contributed by atoms with E-state index in [0.29, 0.717) is 11.8 Å². The van der Waals surface area contributed by atoms with Crippen LogP contribution in [0.25, 0.3) is 11.4 Å². The fourth-order valence-corrected chi connectivity index (χ4v) is 4.73. The molecule has 3 aromatic rings. The second-order valence-corrected chi connectivity index (χ2v) is 8.46. The zero-order valence-corrected chi connectivity index (χ0v) is 17.7. The van der Waals surface area contributed by atoms with Crippen molar-refractivity contribution in [1.82, 2.24) is 19.3 Å². The maximum atomic E-state index is 12.9. The predicted octanol–water partition coefficient (Wildman–Crippen LogP) is 5.00. The summed E-state index contributed by atoms with van der Waals surface area (Å²) in [5.41, 5.74) is 5.38. The molecule has 0 amide bonds. The monoisotopic (exact) mass is 394 g/mol. The molecular weight excluding hydrogens is 368 g/mol. The van der Waals surface area contributed by atoms with Crippen LogP contribution in [0.5, 0.6) is 0 Å². The molecule has 0 saturated heterocycles. The Hall–Kier alpha value is -2.34. The summed E-state index contributed by atoms with van der Waals surface area (Å²) in [6.45, 7) is 9.08. The van der Waals surface area contributed by atoms with Gasteiger partial charge in [-0.3, -0.25) is 4.79 Å². The van der Waals surface area contributed by atoms with Gasteiger partial charge in [-0.2, -0.15) is 0 Å². The lowest BCUT2D eigenvalue weighted by atomic mass is 10.1. The Labute approximate surface area is 170 Å². The maximum absolute atomic E-state index is 12.9. The lowest BCUT2D eigenvalue weighted by molar-refractivity contribution is 0.102. The van der Waals surface area contributed by atoms with Gasteiger partial charge in [-0.25, -0.2) is 0 Å². The van der Waals surface area contributed by atoms with E-state index in [1.165, 1.54) is 35.9 Å². The van der Waals surface area contributed by atoms with Crippen LogP contribution in [0.15, 0.2) is 35.5 Å². The van der Waals surface area contributed by atoms with Crippen LogP contribution in [0.2, 0.25) is 0 Å². The number of ketones is 1. The molecule has 4 rings (SSSR count). The Morgan fingerprint density at radius 2 is 1.96 bits per heavy atom. The molecule has 0 unspecified atom stereocenters. The number of Topliss-reactive ketones (excluding diaryl/α,β-unsaturated/α-hetero) is 1. The first-order chi connectivity index (χ1) is 13.5. The van der Waals surface area contributed by atoms with Crippen molar-refractivity contribution < 1.29 is 4.79 Å². The molecule has 1 fully saturated rings. The first-order valence-corrected chi connectivity index (χ1v) is 10.8. The molecule has 1 saturated carbocycles. The van der Waals surface area contributed by atoms with Gasteiger partial charge in [0.1, 0.15) is 0 Å². The zero-order valence-electron chi connectivity index (χ0n) is 16.9. The van der Waals surface area contributed by atoms with Crippen molar-refractivity contribution in [2.75, 3.05) is 5.75 Å². The highest BCUT2D eigenvalue weighted by Gasteiger charge is 2.28. The molecule has 6 heteroatoms. The lowest BCUT2D eigenvalue weighted by Gasteiger charge is -2.08. The molecule has 0 radical (unpaired) electrons. The Morgan fingerprint density at radius 3 is 2.64 bits per heavy atom. The van der Waals surface area contributed by atoms with Gasteiger partial charge in [0, 0.05) is 35.1 Å². The normalized spacial score (nSPS) is 13.9. The van der Waals surface area contributed by atoms with Gasteiger partial charge in [0.15, 0.2) is 16.8 Å². The second kappa shape index (κ2) is 7.59. The van der Waals surface area contributed by atoms with Crippen molar-refractivity contribution in [3.63, 3.8) is 0 Å². The van der Waals surface area contributed by atoms with Gasteiger partial charge in [-0.05, 0) is 52.7 Å². The molecule has 0 atom stereocenters. The molecule has 2 heterocycles. The molecule has 146 valence electrons. The zero-order chi connectivity index (χ0) is 19.8. The van der Waals surface area contributed by atoms with E-state index in [0.717, 1.165) is 34.3 Å². The molecule has 1 aromatic carbocycles. The number of carbonyl (C=O) groups excluding carboxylic acids is 1. The van der Waals surface area contributed by atoms with E-state index in [1.807, 2.05) is 12.1 Å². The summed E-state index contributed by atoms with van der Waals surface area (Å²) in [5.74, 6) is 1.39. The van der Waals surface area contributed by atoms with Crippen LogP contribution >= 0.6 is 11.8 Å². The Morgan fingerprint density at radius 1 is 1.18 bits per heavy atom. The fourth-order valence-electron chi connectivity index (χ4n) is 3.84. The molecular formula is C22H26N4OS. The van der Waals surface area contributed by atoms with E-state index in [1.54, 1.807) is 0 Å². The lowest BCUT2D eigenvalue weighted by Crippen LogP contribution is -2.07. The van der Waals surface area contributed by atoms with Crippen molar-refractivity contribution >= 4 is 17.5 Å². The highest BCUT2D eigenvalue weighted by Crippen LogP contribution is 2.38. The number of rotatable bonds is 7. The third kappa shape index (κ3) is 3.53. The smallest absolute Gasteiger partial charge is 0.191 e. The van der Waals surface area contributed by atoms with Crippen LogP contribution in [0.4, 0.5) is 0 Å². The average Bonchev–Trinajstić information content (AvgIpc) is 3.34. The maximum Gasteiger partial charge on any atom is 0.191 e.